The van der Waals surface area contributed by atoms with E-state index in [2.05, 4.69) is 16.7 Å². The molecule has 0 aromatic carbocycles. The molecule has 1 heterocycles. The van der Waals surface area contributed by atoms with Crippen LogP contribution in [0.5, 0.6) is 0 Å². The summed E-state index contributed by atoms with van der Waals surface area (Å²) in [6.45, 7) is 0.962. The molecule has 22 heavy (non-hydrogen) atoms. The van der Waals surface area contributed by atoms with Gasteiger partial charge < -0.3 is 15.4 Å². The van der Waals surface area contributed by atoms with Gasteiger partial charge in [-0.3, -0.25) is 9.59 Å². The van der Waals surface area contributed by atoms with Gasteiger partial charge in [-0.15, -0.1) is 0 Å². The third kappa shape index (κ3) is 1.89. The Hall–Kier alpha value is -2.14. The highest BCUT2D eigenvalue weighted by atomic mass is 16.5. The number of carbonyl (C=O) groups excluding carboxylic acids is 2. The van der Waals surface area contributed by atoms with Gasteiger partial charge in [0.1, 0.15) is 5.54 Å². The Morgan fingerprint density at radius 3 is 2.68 bits per heavy atom. The molecule has 2 N–H and O–H groups in total. The van der Waals surface area contributed by atoms with Crippen LogP contribution in [0, 0.1) is 0 Å². The van der Waals surface area contributed by atoms with Gasteiger partial charge in [-0.1, -0.05) is 6.08 Å². The Morgan fingerprint density at radius 1 is 1.18 bits per heavy atom. The molecule has 0 atom stereocenters. The van der Waals surface area contributed by atoms with Gasteiger partial charge in [0.05, 0.1) is 0 Å². The van der Waals surface area contributed by atoms with Crippen molar-refractivity contribution in [2.45, 2.75) is 24.8 Å². The second kappa shape index (κ2) is 4.68. The van der Waals surface area contributed by atoms with Crippen LogP contribution in [-0.2, 0) is 14.3 Å². The highest BCUT2D eigenvalue weighted by molar-refractivity contribution is 6.04. The first-order valence-electron chi connectivity index (χ1n) is 7.64. The van der Waals surface area contributed by atoms with Crippen molar-refractivity contribution >= 4 is 11.8 Å². The number of amides is 2. The van der Waals surface area contributed by atoms with Crippen LogP contribution in [0.25, 0.3) is 0 Å². The molecule has 5 heteroatoms. The summed E-state index contributed by atoms with van der Waals surface area (Å²) in [5, 5.41) is 5.64. The highest BCUT2D eigenvalue weighted by Gasteiger charge is 2.42. The van der Waals surface area contributed by atoms with Crippen molar-refractivity contribution in [1.29, 1.82) is 0 Å². The van der Waals surface area contributed by atoms with Crippen LogP contribution < -0.4 is 10.6 Å². The van der Waals surface area contributed by atoms with E-state index >= 15 is 0 Å². The standard InChI is InChI=1S/C17H18N2O3/c1-18-16(21)17(4-6-22-7-5-17)19-15(20)12-3-2-11-13-8-10(13)9-14(11)12/h2-3,9H,4-8H2,1H3,(H,18,21)(H,19,20). The summed E-state index contributed by atoms with van der Waals surface area (Å²) in [5.41, 5.74) is 4.69. The zero-order valence-corrected chi connectivity index (χ0v) is 12.5. The van der Waals surface area contributed by atoms with E-state index in [0.29, 0.717) is 31.6 Å². The van der Waals surface area contributed by atoms with Gasteiger partial charge in [-0.25, -0.2) is 0 Å². The van der Waals surface area contributed by atoms with E-state index in [1.54, 1.807) is 7.05 Å². The largest absolute Gasteiger partial charge is 0.381 e. The van der Waals surface area contributed by atoms with E-state index in [-0.39, 0.29) is 11.8 Å². The van der Waals surface area contributed by atoms with E-state index in [9.17, 15) is 9.59 Å². The van der Waals surface area contributed by atoms with E-state index in [1.165, 1.54) is 16.7 Å². The van der Waals surface area contributed by atoms with Gasteiger partial charge in [0.2, 0.25) is 5.91 Å². The Balaban J connectivity index is 1.60. The molecular formula is C17H18N2O3. The van der Waals surface area contributed by atoms with Crippen LogP contribution in [0.2, 0.25) is 0 Å². The summed E-state index contributed by atoms with van der Waals surface area (Å²) >= 11 is 0. The highest BCUT2D eigenvalue weighted by Crippen LogP contribution is 2.51. The van der Waals surface area contributed by atoms with E-state index in [1.807, 2.05) is 12.2 Å². The topological polar surface area (TPSA) is 67.4 Å². The van der Waals surface area contributed by atoms with E-state index in [0.717, 1.165) is 12.0 Å². The van der Waals surface area contributed by atoms with Crippen molar-refractivity contribution in [1.82, 2.24) is 10.6 Å². The third-order valence-corrected chi connectivity index (χ3v) is 4.88. The number of allylic oxidation sites excluding steroid dienone is 6. The normalized spacial score (nSPS) is 24.0. The lowest BCUT2D eigenvalue weighted by Gasteiger charge is -2.36. The van der Waals surface area contributed by atoms with Gasteiger partial charge in [0.25, 0.3) is 5.91 Å². The smallest absolute Gasteiger partial charge is 0.252 e. The fraction of sp³-hybridized carbons (Fsp3) is 0.412. The summed E-state index contributed by atoms with van der Waals surface area (Å²) < 4.78 is 5.34. The summed E-state index contributed by atoms with van der Waals surface area (Å²) in [6, 6.07) is 0. The van der Waals surface area contributed by atoms with Gasteiger partial charge in [0.15, 0.2) is 0 Å². The van der Waals surface area contributed by atoms with Crippen LogP contribution in [0.15, 0.2) is 46.1 Å². The summed E-state index contributed by atoms with van der Waals surface area (Å²) in [5.74, 6) is -0.326. The van der Waals surface area contributed by atoms with E-state index < -0.39 is 5.54 Å². The van der Waals surface area contributed by atoms with Crippen molar-refractivity contribution in [2.75, 3.05) is 20.3 Å². The molecule has 0 spiro atoms. The van der Waals surface area contributed by atoms with Gasteiger partial charge >= 0.3 is 0 Å². The summed E-state index contributed by atoms with van der Waals surface area (Å²) in [4.78, 5) is 25.0. The molecule has 0 aromatic heterocycles. The molecule has 114 valence electrons. The molecule has 4 rings (SSSR count). The number of ether oxygens (including phenoxy) is 1. The molecule has 0 unspecified atom stereocenters. The molecule has 1 aliphatic heterocycles. The second-order valence-electron chi connectivity index (χ2n) is 6.13. The number of nitrogens with one attached hydrogen (secondary N) is 2. The minimum atomic E-state index is -0.865. The molecule has 1 saturated heterocycles. The molecule has 0 bridgehead atoms. The minimum Gasteiger partial charge on any atom is -0.381 e. The Kier molecular flexibility index (Phi) is 2.87. The number of hydrogen-bond acceptors (Lipinski definition) is 3. The molecule has 3 aliphatic carbocycles. The summed E-state index contributed by atoms with van der Waals surface area (Å²) in [6.07, 6.45) is 8.01. The van der Waals surface area contributed by atoms with Crippen LogP contribution in [0.3, 0.4) is 0 Å². The fourth-order valence-corrected chi connectivity index (χ4v) is 3.49. The van der Waals surface area contributed by atoms with Gasteiger partial charge in [-0.05, 0) is 40.9 Å². The molecule has 5 nitrogen and oxygen atoms in total. The maximum Gasteiger partial charge on any atom is 0.252 e. The number of rotatable bonds is 3. The van der Waals surface area contributed by atoms with Gasteiger partial charge in [-0.2, -0.15) is 0 Å². The van der Waals surface area contributed by atoms with Crippen LogP contribution in [0.4, 0.5) is 0 Å². The van der Waals surface area contributed by atoms with Crippen molar-refractivity contribution in [3.63, 3.8) is 0 Å². The molecule has 2 amide bonds. The molecule has 0 aromatic rings. The Bertz CT molecular complexity index is 703. The van der Waals surface area contributed by atoms with Crippen molar-refractivity contribution in [3.05, 3.63) is 46.1 Å². The first kappa shape index (κ1) is 13.5. The SMILES string of the molecule is CNC(=O)C1(NC(=O)C2=C3C=C4CC4=C3C=C2)CCOCC1. The maximum absolute atomic E-state index is 12.7. The first-order valence-corrected chi connectivity index (χ1v) is 7.64. The average molecular weight is 298 g/mol. The average Bonchev–Trinajstić information content (AvgIpc) is 3.02. The number of likely N-dealkylation sites (N-methyl/N-ethyl adjacent to an activating group) is 1. The zero-order chi connectivity index (χ0) is 15.3. The number of carbonyl (C=O) groups is 2. The Labute approximate surface area is 128 Å². The minimum absolute atomic E-state index is 0.150. The molecule has 0 radical (unpaired) electrons. The molecule has 2 fully saturated rings. The third-order valence-electron chi connectivity index (χ3n) is 4.88. The first-order chi connectivity index (χ1) is 10.6. The Morgan fingerprint density at radius 2 is 1.95 bits per heavy atom. The zero-order valence-electron chi connectivity index (χ0n) is 12.5. The summed E-state index contributed by atoms with van der Waals surface area (Å²) in [7, 11) is 1.60. The lowest BCUT2D eigenvalue weighted by Crippen LogP contribution is -2.61. The molecule has 1 saturated carbocycles. The predicted octanol–water partition coefficient (Wildman–Crippen LogP) is 0.904. The number of fused-ring (bicyclic) bond motifs is 2. The van der Waals surface area contributed by atoms with Crippen molar-refractivity contribution in [3.8, 4) is 0 Å². The maximum atomic E-state index is 12.7. The van der Waals surface area contributed by atoms with Crippen LogP contribution in [0.1, 0.15) is 19.3 Å². The molecular weight excluding hydrogens is 280 g/mol. The monoisotopic (exact) mass is 298 g/mol. The lowest BCUT2D eigenvalue weighted by atomic mass is 9.88. The van der Waals surface area contributed by atoms with Crippen LogP contribution >= 0.6 is 0 Å². The van der Waals surface area contributed by atoms with Crippen molar-refractivity contribution in [2.24, 2.45) is 0 Å². The predicted molar refractivity (Wildman–Crippen MR) is 80.9 cm³/mol. The van der Waals surface area contributed by atoms with Gasteiger partial charge in [0, 0.05) is 38.7 Å². The fourth-order valence-electron chi connectivity index (χ4n) is 3.49. The quantitative estimate of drug-likeness (QED) is 0.813. The van der Waals surface area contributed by atoms with Crippen LogP contribution in [-0.4, -0.2) is 37.6 Å². The van der Waals surface area contributed by atoms with Crippen molar-refractivity contribution < 1.29 is 14.3 Å². The lowest BCUT2D eigenvalue weighted by molar-refractivity contribution is -0.135. The second-order valence-corrected chi connectivity index (χ2v) is 6.13. The van der Waals surface area contributed by atoms with E-state index in [4.69, 9.17) is 4.74 Å². The number of hydrogen-bond donors (Lipinski definition) is 2. The molecule has 4 aliphatic rings.